The van der Waals surface area contributed by atoms with Crippen molar-refractivity contribution < 1.29 is 8.42 Å². The van der Waals surface area contributed by atoms with Crippen LogP contribution >= 0.6 is 11.6 Å². The standard InChI is InChI=1S/C12H17ClN2O2S/c1-8-3-2-4-11(12(8)13)18(16,17)15-7-10(14)9-5-6-9/h2-4,9-10,15H,5-7,14H2,1H3. The summed E-state index contributed by atoms with van der Waals surface area (Å²) in [6.45, 7) is 2.04. The fourth-order valence-electron chi connectivity index (χ4n) is 1.80. The van der Waals surface area contributed by atoms with Crippen molar-refractivity contribution in [2.24, 2.45) is 11.7 Å². The SMILES string of the molecule is Cc1cccc(S(=O)(=O)NCC(N)C2CC2)c1Cl. The topological polar surface area (TPSA) is 72.2 Å². The predicted octanol–water partition coefficient (Wildman–Crippen LogP) is 1.66. The van der Waals surface area contributed by atoms with Gasteiger partial charge in [-0.25, -0.2) is 13.1 Å². The zero-order chi connectivity index (χ0) is 13.3. The molecule has 0 heterocycles. The van der Waals surface area contributed by atoms with E-state index in [1.54, 1.807) is 19.1 Å². The van der Waals surface area contributed by atoms with Crippen molar-refractivity contribution in [3.8, 4) is 0 Å². The van der Waals surface area contributed by atoms with Gasteiger partial charge in [0, 0.05) is 12.6 Å². The first-order valence-electron chi connectivity index (χ1n) is 5.92. The van der Waals surface area contributed by atoms with Gasteiger partial charge in [0.15, 0.2) is 0 Å². The van der Waals surface area contributed by atoms with Gasteiger partial charge >= 0.3 is 0 Å². The highest BCUT2D eigenvalue weighted by molar-refractivity contribution is 7.89. The normalized spacial score (nSPS) is 17.7. The second kappa shape index (κ2) is 5.17. The van der Waals surface area contributed by atoms with Gasteiger partial charge in [0.2, 0.25) is 10.0 Å². The van der Waals surface area contributed by atoms with Crippen LogP contribution in [-0.4, -0.2) is 21.0 Å². The molecular weight excluding hydrogens is 272 g/mol. The Labute approximate surface area is 113 Å². The third kappa shape index (κ3) is 3.03. The van der Waals surface area contributed by atoms with Gasteiger partial charge in [0.1, 0.15) is 4.90 Å². The Morgan fingerprint density at radius 2 is 2.17 bits per heavy atom. The van der Waals surface area contributed by atoms with E-state index >= 15 is 0 Å². The van der Waals surface area contributed by atoms with Crippen LogP contribution in [0.25, 0.3) is 0 Å². The molecule has 1 aliphatic rings. The van der Waals surface area contributed by atoms with Crippen LogP contribution in [0.3, 0.4) is 0 Å². The fraction of sp³-hybridized carbons (Fsp3) is 0.500. The van der Waals surface area contributed by atoms with Gasteiger partial charge in [-0.05, 0) is 37.3 Å². The van der Waals surface area contributed by atoms with E-state index in [4.69, 9.17) is 17.3 Å². The Morgan fingerprint density at radius 3 is 2.78 bits per heavy atom. The van der Waals surface area contributed by atoms with Crippen molar-refractivity contribution in [3.05, 3.63) is 28.8 Å². The summed E-state index contributed by atoms with van der Waals surface area (Å²) in [5.74, 6) is 0.459. The third-order valence-electron chi connectivity index (χ3n) is 3.18. The highest BCUT2D eigenvalue weighted by Gasteiger charge is 2.29. The molecule has 4 nitrogen and oxygen atoms in total. The van der Waals surface area contributed by atoms with Crippen molar-refractivity contribution >= 4 is 21.6 Å². The van der Waals surface area contributed by atoms with Gasteiger partial charge in [0.05, 0.1) is 5.02 Å². The maximum absolute atomic E-state index is 12.1. The first-order valence-corrected chi connectivity index (χ1v) is 7.78. The van der Waals surface area contributed by atoms with E-state index in [2.05, 4.69) is 4.72 Å². The number of benzene rings is 1. The molecule has 1 saturated carbocycles. The van der Waals surface area contributed by atoms with Crippen LogP contribution < -0.4 is 10.5 Å². The average molecular weight is 289 g/mol. The van der Waals surface area contributed by atoms with Crippen LogP contribution in [0.5, 0.6) is 0 Å². The van der Waals surface area contributed by atoms with Crippen LogP contribution in [0.15, 0.2) is 23.1 Å². The molecule has 0 amide bonds. The molecule has 0 saturated heterocycles. The molecule has 1 fully saturated rings. The lowest BCUT2D eigenvalue weighted by Crippen LogP contribution is -2.38. The largest absolute Gasteiger partial charge is 0.326 e. The van der Waals surface area contributed by atoms with Gasteiger partial charge in [-0.3, -0.25) is 0 Å². The number of nitrogens with one attached hydrogen (secondary N) is 1. The highest BCUT2D eigenvalue weighted by atomic mass is 35.5. The Hall–Kier alpha value is -0.620. The molecule has 0 aliphatic heterocycles. The number of hydrogen-bond donors (Lipinski definition) is 2. The minimum absolute atomic E-state index is 0.108. The fourth-order valence-corrected chi connectivity index (χ4v) is 3.46. The van der Waals surface area contributed by atoms with E-state index in [-0.39, 0.29) is 22.5 Å². The van der Waals surface area contributed by atoms with Crippen LogP contribution in [0, 0.1) is 12.8 Å². The minimum Gasteiger partial charge on any atom is -0.326 e. The smallest absolute Gasteiger partial charge is 0.242 e. The maximum atomic E-state index is 12.1. The lowest BCUT2D eigenvalue weighted by Gasteiger charge is -2.13. The number of sulfonamides is 1. The number of nitrogens with two attached hydrogens (primary N) is 1. The molecule has 6 heteroatoms. The molecular formula is C12H17ClN2O2S. The van der Waals surface area contributed by atoms with Crippen molar-refractivity contribution in [1.82, 2.24) is 4.72 Å². The molecule has 1 unspecified atom stereocenters. The van der Waals surface area contributed by atoms with Crippen molar-refractivity contribution in [1.29, 1.82) is 0 Å². The van der Waals surface area contributed by atoms with Crippen LogP contribution in [0.4, 0.5) is 0 Å². The summed E-state index contributed by atoms with van der Waals surface area (Å²) in [6.07, 6.45) is 2.18. The molecule has 1 atom stereocenters. The van der Waals surface area contributed by atoms with E-state index in [1.165, 1.54) is 6.07 Å². The molecule has 100 valence electrons. The molecule has 1 aliphatic carbocycles. The molecule has 18 heavy (non-hydrogen) atoms. The summed E-state index contributed by atoms with van der Waals surface area (Å²) in [6, 6.07) is 4.84. The maximum Gasteiger partial charge on any atom is 0.242 e. The molecule has 0 spiro atoms. The van der Waals surface area contributed by atoms with Crippen LogP contribution in [0.2, 0.25) is 5.02 Å². The monoisotopic (exact) mass is 288 g/mol. The van der Waals surface area contributed by atoms with Crippen molar-refractivity contribution in [2.45, 2.75) is 30.7 Å². The number of rotatable bonds is 5. The quantitative estimate of drug-likeness (QED) is 0.865. The van der Waals surface area contributed by atoms with Gasteiger partial charge in [0.25, 0.3) is 0 Å². The Morgan fingerprint density at radius 1 is 1.50 bits per heavy atom. The van der Waals surface area contributed by atoms with Gasteiger partial charge in [-0.15, -0.1) is 0 Å². The van der Waals surface area contributed by atoms with Crippen LogP contribution in [-0.2, 0) is 10.0 Å². The van der Waals surface area contributed by atoms with Crippen molar-refractivity contribution in [3.63, 3.8) is 0 Å². The van der Waals surface area contributed by atoms with Gasteiger partial charge in [-0.2, -0.15) is 0 Å². The molecule has 3 N–H and O–H groups in total. The molecule has 0 bridgehead atoms. The van der Waals surface area contributed by atoms with E-state index in [0.29, 0.717) is 5.92 Å². The van der Waals surface area contributed by atoms with Gasteiger partial charge < -0.3 is 5.73 Å². The van der Waals surface area contributed by atoms with Crippen LogP contribution in [0.1, 0.15) is 18.4 Å². The zero-order valence-electron chi connectivity index (χ0n) is 10.2. The predicted molar refractivity (Wildman–Crippen MR) is 72.1 cm³/mol. The first-order chi connectivity index (χ1) is 8.42. The highest BCUT2D eigenvalue weighted by Crippen LogP contribution is 2.31. The number of hydrogen-bond acceptors (Lipinski definition) is 3. The van der Waals surface area contributed by atoms with E-state index in [9.17, 15) is 8.42 Å². The molecule has 0 radical (unpaired) electrons. The first kappa shape index (κ1) is 13.8. The summed E-state index contributed by atoms with van der Waals surface area (Å²) in [5, 5.41) is 0.269. The molecule has 1 aromatic carbocycles. The molecule has 1 aromatic rings. The Kier molecular flexibility index (Phi) is 3.96. The second-order valence-corrected chi connectivity index (χ2v) is 6.85. The van der Waals surface area contributed by atoms with E-state index in [0.717, 1.165) is 18.4 Å². The lowest BCUT2D eigenvalue weighted by atomic mass is 10.2. The summed E-state index contributed by atoms with van der Waals surface area (Å²) < 4.78 is 26.7. The van der Waals surface area contributed by atoms with Gasteiger partial charge in [-0.1, -0.05) is 23.7 Å². The summed E-state index contributed by atoms with van der Waals surface area (Å²) in [5.41, 5.74) is 6.61. The van der Waals surface area contributed by atoms with Crippen molar-refractivity contribution in [2.75, 3.05) is 6.54 Å². The number of halogens is 1. The zero-order valence-corrected chi connectivity index (χ0v) is 11.8. The van der Waals surface area contributed by atoms with E-state index < -0.39 is 10.0 Å². The second-order valence-electron chi connectivity index (χ2n) is 4.74. The van der Waals surface area contributed by atoms with E-state index in [1.807, 2.05) is 0 Å². The molecule has 2 rings (SSSR count). The number of aryl methyl sites for hydroxylation is 1. The third-order valence-corrected chi connectivity index (χ3v) is 5.26. The minimum atomic E-state index is -3.58. The summed E-state index contributed by atoms with van der Waals surface area (Å²) in [7, 11) is -3.58. The summed E-state index contributed by atoms with van der Waals surface area (Å²) >= 11 is 6.02. The molecule has 0 aromatic heterocycles. The Balaban J connectivity index is 2.12. The Bertz CT molecular complexity index is 541. The summed E-state index contributed by atoms with van der Waals surface area (Å²) in [4.78, 5) is 0.118. The average Bonchev–Trinajstić information content (AvgIpc) is 3.13. The lowest BCUT2D eigenvalue weighted by molar-refractivity contribution is 0.547.